The number of H-pyrrole nitrogens is 1. The molecule has 0 saturated carbocycles. The molecule has 1 atom stereocenters. The number of rotatable bonds is 5. The molecule has 0 aliphatic carbocycles. The van der Waals surface area contributed by atoms with E-state index in [4.69, 9.17) is 0 Å². The molecule has 0 radical (unpaired) electrons. The van der Waals surface area contributed by atoms with Crippen molar-refractivity contribution in [2.45, 2.75) is 52.9 Å². The highest BCUT2D eigenvalue weighted by molar-refractivity contribution is 5.22. The number of aromatic nitrogens is 2. The highest BCUT2D eigenvalue weighted by atomic mass is 15.2. The summed E-state index contributed by atoms with van der Waals surface area (Å²) in [5.74, 6) is 2.12. The lowest BCUT2D eigenvalue weighted by Gasteiger charge is -2.33. The minimum absolute atomic E-state index is 0.656. The van der Waals surface area contributed by atoms with Crippen molar-refractivity contribution in [3.8, 4) is 0 Å². The Kier molecular flexibility index (Phi) is 5.03. The van der Waals surface area contributed by atoms with Crippen LogP contribution in [-0.2, 0) is 6.42 Å². The summed E-state index contributed by atoms with van der Waals surface area (Å²) in [7, 11) is 0. The van der Waals surface area contributed by atoms with E-state index in [9.17, 15) is 0 Å². The normalized spacial score (nSPS) is 21.5. The molecule has 1 aliphatic rings. The van der Waals surface area contributed by atoms with Gasteiger partial charge < -0.3 is 4.90 Å². The summed E-state index contributed by atoms with van der Waals surface area (Å²) in [6.07, 6.45) is 5.81. The fourth-order valence-corrected chi connectivity index (χ4v) is 3.25. The van der Waals surface area contributed by atoms with Gasteiger partial charge in [0.25, 0.3) is 0 Å². The van der Waals surface area contributed by atoms with Crippen LogP contribution in [0.5, 0.6) is 0 Å². The first-order chi connectivity index (χ1) is 9.06. The molecule has 3 heteroatoms. The summed E-state index contributed by atoms with van der Waals surface area (Å²) in [6, 6.07) is 0. The molecule has 1 aliphatic heterocycles. The van der Waals surface area contributed by atoms with Crippen LogP contribution in [-0.4, -0.2) is 34.7 Å². The van der Waals surface area contributed by atoms with Crippen LogP contribution in [0, 0.1) is 11.8 Å². The smallest absolute Gasteiger partial charge is 0.0522 e. The first-order valence-electron chi connectivity index (χ1n) is 7.80. The fraction of sp³-hybridized carbons (Fsp3) is 0.812. The zero-order valence-electron chi connectivity index (χ0n) is 12.9. The van der Waals surface area contributed by atoms with E-state index in [-0.39, 0.29) is 0 Å². The summed E-state index contributed by atoms with van der Waals surface area (Å²) in [5.41, 5.74) is 2.84. The number of hydrogen-bond donors (Lipinski definition) is 1. The number of piperidine rings is 1. The Balaban J connectivity index is 2.02. The van der Waals surface area contributed by atoms with Gasteiger partial charge in [-0.25, -0.2) is 0 Å². The molecule has 3 nitrogen and oxygen atoms in total. The second-order valence-corrected chi connectivity index (χ2v) is 6.90. The molecule has 108 valence electrons. The second kappa shape index (κ2) is 6.56. The Morgan fingerprint density at radius 1 is 1.32 bits per heavy atom. The Bertz CT molecular complexity index is 381. The largest absolute Gasteiger partial charge is 0.302 e. The fourth-order valence-electron chi connectivity index (χ4n) is 3.25. The van der Waals surface area contributed by atoms with E-state index < -0.39 is 0 Å². The van der Waals surface area contributed by atoms with E-state index in [0.29, 0.717) is 11.8 Å². The molecule has 0 bridgehead atoms. The van der Waals surface area contributed by atoms with Crippen molar-refractivity contribution in [1.29, 1.82) is 0 Å². The van der Waals surface area contributed by atoms with Crippen LogP contribution < -0.4 is 0 Å². The lowest BCUT2D eigenvalue weighted by atomic mass is 9.90. The molecule has 19 heavy (non-hydrogen) atoms. The molecule has 2 heterocycles. The minimum atomic E-state index is 0.656. The zero-order chi connectivity index (χ0) is 13.8. The van der Waals surface area contributed by atoms with Crippen LogP contribution in [0.3, 0.4) is 0 Å². The zero-order valence-corrected chi connectivity index (χ0v) is 12.9. The number of hydrogen-bond acceptors (Lipinski definition) is 2. The third-order valence-electron chi connectivity index (χ3n) is 3.92. The summed E-state index contributed by atoms with van der Waals surface area (Å²) in [6.45, 7) is 12.9. The van der Waals surface area contributed by atoms with Gasteiger partial charge in [-0.3, -0.25) is 5.10 Å². The first kappa shape index (κ1) is 14.6. The summed E-state index contributed by atoms with van der Waals surface area (Å²) in [5, 5.41) is 7.57. The average Bonchev–Trinajstić information content (AvgIpc) is 2.75. The van der Waals surface area contributed by atoms with E-state index >= 15 is 0 Å². The second-order valence-electron chi connectivity index (χ2n) is 6.90. The molecule has 0 amide bonds. The van der Waals surface area contributed by atoms with Gasteiger partial charge in [-0.1, -0.05) is 27.7 Å². The van der Waals surface area contributed by atoms with Gasteiger partial charge in [-0.05, 0) is 43.2 Å². The van der Waals surface area contributed by atoms with E-state index in [1.54, 1.807) is 0 Å². The first-order valence-corrected chi connectivity index (χ1v) is 7.80. The maximum absolute atomic E-state index is 4.29. The minimum Gasteiger partial charge on any atom is -0.302 e. The predicted molar refractivity (Wildman–Crippen MR) is 80.4 cm³/mol. The van der Waals surface area contributed by atoms with Crippen molar-refractivity contribution in [2.24, 2.45) is 11.8 Å². The van der Waals surface area contributed by atoms with Crippen LogP contribution >= 0.6 is 0 Å². The molecule has 1 N–H and O–H groups in total. The molecule has 1 aromatic rings. The van der Waals surface area contributed by atoms with Crippen LogP contribution in [0.4, 0.5) is 0 Å². The number of likely N-dealkylation sites (tertiary alicyclic amines) is 1. The molecular weight excluding hydrogens is 234 g/mol. The van der Waals surface area contributed by atoms with E-state index in [1.165, 1.54) is 43.7 Å². The monoisotopic (exact) mass is 263 g/mol. The van der Waals surface area contributed by atoms with Gasteiger partial charge in [0.15, 0.2) is 0 Å². The van der Waals surface area contributed by atoms with Crippen LogP contribution in [0.15, 0.2) is 6.20 Å². The Morgan fingerprint density at radius 3 is 2.79 bits per heavy atom. The van der Waals surface area contributed by atoms with Crippen molar-refractivity contribution in [1.82, 2.24) is 15.1 Å². The molecule has 1 saturated heterocycles. The average molecular weight is 263 g/mol. The van der Waals surface area contributed by atoms with Crippen LogP contribution in [0.25, 0.3) is 0 Å². The van der Waals surface area contributed by atoms with Gasteiger partial charge in [0.1, 0.15) is 0 Å². The van der Waals surface area contributed by atoms with Crippen molar-refractivity contribution >= 4 is 0 Å². The van der Waals surface area contributed by atoms with E-state index in [0.717, 1.165) is 12.3 Å². The van der Waals surface area contributed by atoms with Crippen molar-refractivity contribution in [3.05, 3.63) is 17.5 Å². The topological polar surface area (TPSA) is 31.9 Å². The highest BCUT2D eigenvalue weighted by Crippen LogP contribution is 2.29. The number of aromatic amines is 1. The van der Waals surface area contributed by atoms with E-state index in [1.807, 2.05) is 6.20 Å². The lowest BCUT2D eigenvalue weighted by molar-refractivity contribution is 0.186. The van der Waals surface area contributed by atoms with Gasteiger partial charge in [-0.15, -0.1) is 0 Å². The summed E-state index contributed by atoms with van der Waals surface area (Å²) >= 11 is 0. The van der Waals surface area contributed by atoms with Crippen molar-refractivity contribution in [3.63, 3.8) is 0 Å². The molecule has 1 aromatic heterocycles. The van der Waals surface area contributed by atoms with Crippen molar-refractivity contribution in [2.75, 3.05) is 19.6 Å². The molecule has 0 spiro atoms. The Morgan fingerprint density at radius 2 is 2.11 bits per heavy atom. The van der Waals surface area contributed by atoms with Crippen LogP contribution in [0.2, 0.25) is 0 Å². The number of nitrogens with one attached hydrogen (secondary N) is 1. The van der Waals surface area contributed by atoms with Gasteiger partial charge in [0, 0.05) is 24.7 Å². The maximum atomic E-state index is 4.29. The highest BCUT2D eigenvalue weighted by Gasteiger charge is 2.24. The van der Waals surface area contributed by atoms with Crippen molar-refractivity contribution < 1.29 is 0 Å². The SMILES string of the molecule is CC(C)Cc1cn[nH]c1[C@@H]1CCCN(CC(C)C)C1. The Labute approximate surface area is 117 Å². The predicted octanol–water partition coefficient (Wildman–Crippen LogP) is 3.44. The summed E-state index contributed by atoms with van der Waals surface area (Å²) in [4.78, 5) is 2.62. The third-order valence-corrected chi connectivity index (χ3v) is 3.92. The van der Waals surface area contributed by atoms with Gasteiger partial charge in [0.2, 0.25) is 0 Å². The van der Waals surface area contributed by atoms with Gasteiger partial charge in [0.05, 0.1) is 6.20 Å². The van der Waals surface area contributed by atoms with Crippen LogP contribution in [0.1, 0.15) is 57.7 Å². The molecule has 0 aromatic carbocycles. The third kappa shape index (κ3) is 4.07. The number of nitrogens with zero attached hydrogens (tertiary/aromatic N) is 2. The quantitative estimate of drug-likeness (QED) is 0.882. The lowest BCUT2D eigenvalue weighted by Crippen LogP contribution is -2.37. The summed E-state index contributed by atoms with van der Waals surface area (Å²) < 4.78 is 0. The Hall–Kier alpha value is -0.830. The molecule has 1 fully saturated rings. The maximum Gasteiger partial charge on any atom is 0.0522 e. The molecule has 0 unspecified atom stereocenters. The molecular formula is C16H29N3. The molecule has 2 rings (SSSR count). The van der Waals surface area contributed by atoms with Gasteiger partial charge in [-0.2, -0.15) is 5.10 Å². The van der Waals surface area contributed by atoms with E-state index in [2.05, 4.69) is 42.8 Å². The van der Waals surface area contributed by atoms with Gasteiger partial charge >= 0.3 is 0 Å². The standard InChI is InChI=1S/C16H29N3/c1-12(2)8-15-9-17-18-16(15)14-6-5-7-19(11-14)10-13(3)4/h9,12-14H,5-8,10-11H2,1-4H3,(H,17,18)/t14-/m1/s1.